The van der Waals surface area contributed by atoms with E-state index in [9.17, 15) is 0 Å². The summed E-state index contributed by atoms with van der Waals surface area (Å²) in [5.74, 6) is 0. The minimum Gasteiger partial charge on any atom is -1.00 e. The molecule has 2 nitrogen and oxygen atoms in total. The molecule has 0 heterocycles. The summed E-state index contributed by atoms with van der Waals surface area (Å²) in [6, 6.07) is 0. The van der Waals surface area contributed by atoms with Crippen LogP contribution >= 0.6 is 0 Å². The van der Waals surface area contributed by atoms with Gasteiger partial charge in [-0.15, -0.1) is 0 Å². The third-order valence-corrected chi connectivity index (χ3v) is 0. The molecule has 4 heteroatoms. The Morgan fingerprint density at radius 1 is 1.00 bits per heavy atom. The van der Waals surface area contributed by atoms with Crippen LogP contribution in [-0.2, 0) is 21.7 Å². The van der Waals surface area contributed by atoms with Crippen LogP contribution in [0, 0.1) is 0 Å². The van der Waals surface area contributed by atoms with Gasteiger partial charge in [0.15, 0.2) is 0 Å². The molecule has 24 valence electrons. The van der Waals surface area contributed by atoms with Crippen molar-refractivity contribution in [1.82, 2.24) is 0 Å². The maximum Gasteiger partial charge on any atom is 2.00 e. The van der Waals surface area contributed by atoms with Crippen LogP contribution in [0.3, 0.4) is 0 Å². The zero-order chi connectivity index (χ0) is 0. The maximum absolute atomic E-state index is 0. The Kier molecular flexibility index (Phi) is 346. The van der Waals surface area contributed by atoms with Crippen molar-refractivity contribution >= 4 is 23.1 Å². The van der Waals surface area contributed by atoms with Gasteiger partial charge in [0.05, 0.1) is 0 Å². The Balaban J connectivity index is 0. The van der Waals surface area contributed by atoms with Crippen LogP contribution in [0.2, 0.25) is 0 Å². The first-order valence-corrected chi connectivity index (χ1v) is 0. The Morgan fingerprint density at radius 3 is 1.00 bits per heavy atom. The Morgan fingerprint density at radius 2 is 1.00 bits per heavy atom. The molecule has 0 aromatic carbocycles. The van der Waals surface area contributed by atoms with Gasteiger partial charge in [-0.3, -0.25) is 0 Å². The smallest absolute Gasteiger partial charge is 1.00 e. The summed E-state index contributed by atoms with van der Waals surface area (Å²) in [5, 5.41) is 0. The third kappa shape index (κ3) is 9.99. The van der Waals surface area contributed by atoms with Crippen LogP contribution in [0.25, 0.3) is 0 Å². The van der Waals surface area contributed by atoms with E-state index in [1.807, 2.05) is 0 Å². The summed E-state index contributed by atoms with van der Waals surface area (Å²) in [7, 11) is 0. The maximum atomic E-state index is 0. The van der Waals surface area contributed by atoms with Crippen molar-refractivity contribution in [3.05, 3.63) is 0 Å². The summed E-state index contributed by atoms with van der Waals surface area (Å²) in [6.45, 7) is 0. The van der Waals surface area contributed by atoms with E-state index < -0.39 is 0 Å². The summed E-state index contributed by atoms with van der Waals surface area (Å²) < 4.78 is 0. The van der Waals surface area contributed by atoms with Gasteiger partial charge in [0.2, 0.25) is 0 Å². The van der Waals surface area contributed by atoms with Crippen LogP contribution in [0.5, 0.6) is 0 Å². The first-order chi connectivity index (χ1) is 0. The van der Waals surface area contributed by atoms with Crippen LogP contribution in [0.1, 0.15) is 2.85 Å². The number of rotatable bonds is 0. The molecule has 0 aliphatic carbocycles. The zero-order valence-electron chi connectivity index (χ0n) is 4.21. The van der Waals surface area contributed by atoms with E-state index in [4.69, 9.17) is 0 Å². The van der Waals surface area contributed by atoms with E-state index in [0.29, 0.717) is 0 Å². The zero-order valence-corrected chi connectivity index (χ0v) is 5.18. The molecule has 0 rings (SSSR count). The molecule has 0 saturated carbocycles. The van der Waals surface area contributed by atoms with Crippen LogP contribution < -0.4 is 0 Å². The fourth-order valence-corrected chi connectivity index (χ4v) is 0. The van der Waals surface area contributed by atoms with Crippen LogP contribution in [0.4, 0.5) is 0 Å². The van der Waals surface area contributed by atoms with Crippen LogP contribution in [0.15, 0.2) is 0 Å². The van der Waals surface area contributed by atoms with Crippen molar-refractivity contribution in [3.63, 3.8) is 0 Å². The van der Waals surface area contributed by atoms with Crippen molar-refractivity contribution in [2.75, 3.05) is 0 Å². The molecular weight excluding hydrogens is 104 g/mol. The molecule has 0 saturated heterocycles. The second-order valence-corrected chi connectivity index (χ2v) is 0. The van der Waals surface area contributed by atoms with Gasteiger partial charge in [-0.2, -0.15) is 0 Å². The third-order valence-electron chi connectivity index (χ3n) is 0. The fourth-order valence-electron chi connectivity index (χ4n) is 0. The van der Waals surface area contributed by atoms with Gasteiger partial charge >= 0.3 is 23.1 Å². The molecule has 0 unspecified atom stereocenters. The molecule has 0 radical (unpaired) electrons. The topological polar surface area (TPSA) is 63.0 Å². The number of hydrogen-bond acceptors (Lipinski definition) is 0. The van der Waals surface area contributed by atoms with Gasteiger partial charge in [-0.1, -0.05) is 0 Å². The Bertz CT molecular complexity index is 11.5. The largest absolute Gasteiger partial charge is 2.00 e. The van der Waals surface area contributed by atoms with Crippen molar-refractivity contribution in [1.29, 1.82) is 0 Å². The molecule has 0 atom stereocenters. The van der Waals surface area contributed by atoms with E-state index in [2.05, 4.69) is 0 Å². The predicted octanol–water partition coefficient (Wildman–Crippen LogP) is -1.81. The van der Waals surface area contributed by atoms with Crippen molar-refractivity contribution in [2.24, 2.45) is 0 Å². The molecule has 0 fully saturated rings. The Hall–Kier alpha value is 1.40. The molecule has 4 N–H and O–H groups in total. The van der Waals surface area contributed by atoms with Gasteiger partial charge in [0.1, 0.15) is 0 Å². The molecule has 0 aliphatic heterocycles. The monoisotopic (exact) mass is 110 g/mol. The van der Waals surface area contributed by atoms with Crippen molar-refractivity contribution in [3.8, 4) is 0 Å². The van der Waals surface area contributed by atoms with E-state index in [0.717, 1.165) is 0 Å². The minimum atomic E-state index is 0. The standard InChI is InChI=1S/Mg.2H2O.Ti.2H/h;2*1H2;;;/q+2;;;;2*-1. The fraction of sp³-hybridized carbons (Fsp3) is 0. The SMILES string of the molecule is O.O.[H-].[H-].[Mg+2].[Ti]. The molecular formula is H6MgO2Ti. The van der Waals surface area contributed by atoms with E-state index >= 15 is 0 Å². The summed E-state index contributed by atoms with van der Waals surface area (Å²) >= 11 is 0. The van der Waals surface area contributed by atoms with Crippen molar-refractivity contribution < 1.29 is 35.5 Å². The molecule has 0 aliphatic rings. The van der Waals surface area contributed by atoms with Crippen LogP contribution in [-0.4, -0.2) is 34.0 Å². The molecule has 0 aromatic heterocycles. The number of hydrogen-bond donors (Lipinski definition) is 0. The van der Waals surface area contributed by atoms with Gasteiger partial charge in [-0.25, -0.2) is 0 Å². The second-order valence-electron chi connectivity index (χ2n) is 0. The normalized spacial score (nSPS) is 0. The summed E-state index contributed by atoms with van der Waals surface area (Å²) in [6.07, 6.45) is 0. The summed E-state index contributed by atoms with van der Waals surface area (Å²) in [4.78, 5) is 0. The first kappa shape index (κ1) is 53.3. The van der Waals surface area contributed by atoms with Gasteiger partial charge in [0.25, 0.3) is 0 Å². The van der Waals surface area contributed by atoms with E-state index in [1.54, 1.807) is 0 Å². The molecule has 0 bridgehead atoms. The Labute approximate surface area is 58.6 Å². The molecule has 0 aromatic rings. The summed E-state index contributed by atoms with van der Waals surface area (Å²) in [5.41, 5.74) is 0. The second kappa shape index (κ2) is 25.9. The van der Waals surface area contributed by atoms with Gasteiger partial charge in [-0.05, 0) is 0 Å². The van der Waals surface area contributed by atoms with Gasteiger partial charge < -0.3 is 13.8 Å². The average molecular weight is 110 g/mol. The average Bonchev–Trinajstić information content (AvgIpc) is 0. The predicted molar refractivity (Wildman–Crippen MR) is 15.2 cm³/mol. The molecule has 4 heavy (non-hydrogen) atoms. The molecule has 0 amide bonds. The minimum absolute atomic E-state index is 0. The van der Waals surface area contributed by atoms with E-state index in [1.165, 1.54) is 0 Å². The van der Waals surface area contributed by atoms with E-state index in [-0.39, 0.29) is 58.6 Å². The molecule has 0 spiro atoms. The van der Waals surface area contributed by atoms with Gasteiger partial charge in [0, 0.05) is 21.7 Å². The quantitative estimate of drug-likeness (QED) is 0.330. The first-order valence-electron chi connectivity index (χ1n) is 0. The van der Waals surface area contributed by atoms with Crippen molar-refractivity contribution in [2.45, 2.75) is 0 Å².